The van der Waals surface area contributed by atoms with Crippen molar-refractivity contribution in [3.8, 4) is 0 Å². The zero-order valence-corrected chi connectivity index (χ0v) is 11.6. The summed E-state index contributed by atoms with van der Waals surface area (Å²) in [7, 11) is 1.78. The van der Waals surface area contributed by atoms with Gasteiger partial charge in [-0.1, -0.05) is 0 Å². The Hall–Kier alpha value is -0.680. The van der Waals surface area contributed by atoms with Gasteiger partial charge in [0, 0.05) is 18.9 Å². The van der Waals surface area contributed by atoms with Crippen LogP contribution in [-0.2, 0) is 4.74 Å². The Balaban J connectivity index is 2.25. The lowest BCUT2D eigenvalue weighted by Crippen LogP contribution is -2.65. The van der Waals surface area contributed by atoms with E-state index in [2.05, 4.69) is 0 Å². The van der Waals surface area contributed by atoms with Crippen LogP contribution < -0.4 is 5.73 Å². The van der Waals surface area contributed by atoms with Crippen molar-refractivity contribution in [1.82, 2.24) is 0 Å². The number of rotatable bonds is 1. The molecule has 2 unspecified atom stereocenters. The Morgan fingerprint density at radius 2 is 2.06 bits per heavy atom. The lowest BCUT2D eigenvalue weighted by atomic mass is 9.96. The van der Waals surface area contributed by atoms with E-state index in [9.17, 15) is 9.18 Å². The first-order chi connectivity index (χ1) is 8.20. The van der Waals surface area contributed by atoms with Gasteiger partial charge >= 0.3 is 6.09 Å². The highest BCUT2D eigenvalue weighted by atomic mass is 19.1. The molecule has 1 aliphatic carbocycles. The quantitative estimate of drug-likeness (QED) is 0.731. The fraction of sp³-hybridized carbons (Fsp3) is 0.923. The van der Waals surface area contributed by atoms with Crippen molar-refractivity contribution in [3.63, 3.8) is 0 Å². The smallest absolute Gasteiger partial charge is 0.414 e. The van der Waals surface area contributed by atoms with Gasteiger partial charge in [0.2, 0.25) is 0 Å². The summed E-state index contributed by atoms with van der Waals surface area (Å²) >= 11 is 0. The molecule has 0 aromatic carbocycles. The van der Waals surface area contributed by atoms with Crippen LogP contribution in [0.4, 0.5) is 9.18 Å². The molecule has 18 heavy (non-hydrogen) atoms. The van der Waals surface area contributed by atoms with Crippen LogP contribution in [0.3, 0.4) is 0 Å². The number of likely N-dealkylation sites (N-methyl/N-ethyl adjacent to an activating group) is 1. The van der Waals surface area contributed by atoms with Gasteiger partial charge in [-0.2, -0.15) is 4.79 Å². The molecule has 2 rings (SSSR count). The molecule has 104 valence electrons. The molecule has 1 amide bonds. The minimum atomic E-state index is -0.907. The first kappa shape index (κ1) is 13.7. The molecule has 0 radical (unpaired) electrons. The molecule has 5 atom stereocenters. The second kappa shape index (κ2) is 4.17. The van der Waals surface area contributed by atoms with Crippen molar-refractivity contribution < 1.29 is 18.4 Å². The molecule has 0 spiro atoms. The monoisotopic (exact) mass is 259 g/mol. The van der Waals surface area contributed by atoms with E-state index in [4.69, 9.17) is 10.5 Å². The average molecular weight is 259 g/mol. The van der Waals surface area contributed by atoms with Crippen LogP contribution in [0.15, 0.2) is 0 Å². The van der Waals surface area contributed by atoms with Gasteiger partial charge in [0.05, 0.1) is 7.05 Å². The lowest BCUT2D eigenvalue weighted by Gasteiger charge is -2.42. The summed E-state index contributed by atoms with van der Waals surface area (Å²) in [4.78, 5) is 12.4. The number of alkyl halides is 1. The van der Waals surface area contributed by atoms with Crippen molar-refractivity contribution >= 4 is 6.09 Å². The molecule has 2 aliphatic rings. The standard InChI is InChI=1S/C13H24FN2O2/c1-13(2,3)18-12(17)16(4)10-6-8(5-9(10)14)11(16)7-15/h8-11H,5-7,15H2,1-4H3/q+1/t8-,9-,10?,11+,16?/m0/s1. The van der Waals surface area contributed by atoms with Gasteiger partial charge in [-0.15, -0.1) is 0 Å². The Morgan fingerprint density at radius 1 is 1.44 bits per heavy atom. The zero-order chi connectivity index (χ0) is 13.7. The van der Waals surface area contributed by atoms with Crippen LogP contribution in [0.1, 0.15) is 33.6 Å². The summed E-state index contributed by atoms with van der Waals surface area (Å²) in [6.45, 7) is 5.89. The van der Waals surface area contributed by atoms with Gasteiger partial charge in [0.15, 0.2) is 6.17 Å². The molecule has 2 fully saturated rings. The van der Waals surface area contributed by atoms with E-state index in [1.54, 1.807) is 7.05 Å². The van der Waals surface area contributed by atoms with E-state index >= 15 is 0 Å². The summed E-state index contributed by atoms with van der Waals surface area (Å²) in [6.07, 6.45) is 0.0465. The second-order valence-electron chi connectivity index (χ2n) is 6.75. The summed E-state index contributed by atoms with van der Waals surface area (Å²) in [5.74, 6) is 0.215. The van der Waals surface area contributed by atoms with E-state index < -0.39 is 11.8 Å². The number of carbonyl (C=O) groups excluding carboxylic acids is 1. The largest absolute Gasteiger partial charge is 0.516 e. The number of amides is 1. The predicted octanol–water partition coefficient (Wildman–Crippen LogP) is 1.83. The number of halogens is 1. The van der Waals surface area contributed by atoms with Gasteiger partial charge in [0.1, 0.15) is 17.7 Å². The molecule has 2 bridgehead atoms. The number of piperidine rings is 1. The van der Waals surface area contributed by atoms with Crippen LogP contribution in [0.2, 0.25) is 0 Å². The van der Waals surface area contributed by atoms with Crippen molar-refractivity contribution in [3.05, 3.63) is 0 Å². The number of hydrogen-bond donors (Lipinski definition) is 1. The highest BCUT2D eigenvalue weighted by molar-refractivity contribution is 5.61. The van der Waals surface area contributed by atoms with Gasteiger partial charge in [0.25, 0.3) is 0 Å². The molecule has 4 nitrogen and oxygen atoms in total. The molecule has 1 saturated carbocycles. The number of ether oxygens (including phenoxy) is 1. The SMILES string of the molecule is CC(C)(C)OC(=O)[N+]1(C)C2C[C@H](C[C@@H]2F)[C@H]1CN. The van der Waals surface area contributed by atoms with Crippen LogP contribution >= 0.6 is 0 Å². The molecular formula is C13H24FN2O2+. The Morgan fingerprint density at radius 3 is 2.56 bits per heavy atom. The fourth-order valence-electron chi connectivity index (χ4n) is 3.60. The molecular weight excluding hydrogens is 235 g/mol. The number of carbonyl (C=O) groups is 1. The van der Waals surface area contributed by atoms with Crippen molar-refractivity contribution in [2.75, 3.05) is 13.6 Å². The predicted molar refractivity (Wildman–Crippen MR) is 66.7 cm³/mol. The maximum Gasteiger partial charge on any atom is 0.516 e. The van der Waals surface area contributed by atoms with Crippen LogP contribution in [0, 0.1) is 5.92 Å². The highest BCUT2D eigenvalue weighted by Gasteiger charge is 2.65. The zero-order valence-electron chi connectivity index (χ0n) is 11.6. The van der Waals surface area contributed by atoms with Gasteiger partial charge in [-0.3, -0.25) is 0 Å². The van der Waals surface area contributed by atoms with Gasteiger partial charge < -0.3 is 10.5 Å². The molecule has 5 heteroatoms. The van der Waals surface area contributed by atoms with Crippen LogP contribution in [0.5, 0.6) is 0 Å². The molecule has 1 saturated heterocycles. The maximum atomic E-state index is 14.0. The van der Waals surface area contributed by atoms with Gasteiger partial charge in [-0.25, -0.2) is 8.87 Å². The van der Waals surface area contributed by atoms with E-state index in [-0.39, 0.29) is 28.6 Å². The van der Waals surface area contributed by atoms with Crippen LogP contribution in [-0.4, -0.2) is 48.0 Å². The average Bonchev–Trinajstić information content (AvgIpc) is 2.70. The summed E-state index contributed by atoms with van der Waals surface area (Å²) < 4.78 is 19.4. The third kappa shape index (κ3) is 1.93. The number of quaternary nitrogens is 1. The van der Waals surface area contributed by atoms with Crippen molar-refractivity contribution in [1.29, 1.82) is 0 Å². The van der Waals surface area contributed by atoms with Crippen molar-refractivity contribution in [2.45, 2.75) is 57.5 Å². The third-order valence-electron chi connectivity index (χ3n) is 4.44. The van der Waals surface area contributed by atoms with Crippen LogP contribution in [0.25, 0.3) is 0 Å². The first-order valence-corrected chi connectivity index (χ1v) is 6.63. The fourth-order valence-corrected chi connectivity index (χ4v) is 3.60. The van der Waals surface area contributed by atoms with Gasteiger partial charge in [-0.05, 0) is 27.2 Å². The summed E-state index contributed by atoms with van der Waals surface area (Å²) in [5.41, 5.74) is 5.25. The maximum absolute atomic E-state index is 14.0. The normalized spacial score (nSPS) is 43.2. The summed E-state index contributed by atoms with van der Waals surface area (Å²) in [6, 6.07) is -0.282. The van der Waals surface area contributed by atoms with Crippen molar-refractivity contribution in [2.24, 2.45) is 11.7 Å². The number of nitrogens with zero attached hydrogens (tertiary/aromatic N) is 1. The number of nitrogens with two attached hydrogens (primary N) is 1. The minimum Gasteiger partial charge on any atom is -0.414 e. The molecule has 0 aromatic rings. The highest BCUT2D eigenvalue weighted by Crippen LogP contribution is 2.48. The number of fused-ring (bicyclic) bond motifs is 2. The molecule has 0 aromatic heterocycles. The van der Waals surface area contributed by atoms with E-state index in [1.807, 2.05) is 20.8 Å². The topological polar surface area (TPSA) is 52.3 Å². The van der Waals surface area contributed by atoms with E-state index in [0.29, 0.717) is 13.0 Å². The Labute approximate surface area is 108 Å². The third-order valence-corrected chi connectivity index (χ3v) is 4.44. The first-order valence-electron chi connectivity index (χ1n) is 6.63. The second-order valence-corrected chi connectivity index (χ2v) is 6.75. The number of likely N-dealkylation sites (tertiary alicyclic amines) is 1. The summed E-state index contributed by atoms with van der Waals surface area (Å²) in [5, 5.41) is 0. The molecule has 1 aliphatic heterocycles. The molecule has 2 N–H and O–H groups in total. The minimum absolute atomic E-state index is 0.00292. The van der Waals surface area contributed by atoms with E-state index in [0.717, 1.165) is 6.42 Å². The molecule has 1 heterocycles. The lowest BCUT2D eigenvalue weighted by molar-refractivity contribution is -0.882. The Kier molecular flexibility index (Phi) is 3.18. The Bertz CT molecular complexity index is 351. The number of hydrogen-bond acceptors (Lipinski definition) is 3. The van der Waals surface area contributed by atoms with E-state index in [1.165, 1.54) is 0 Å².